The summed E-state index contributed by atoms with van der Waals surface area (Å²) in [6.45, 7) is 1.73. The first-order valence-corrected chi connectivity index (χ1v) is 4.90. The van der Waals surface area contributed by atoms with Crippen LogP contribution in [0.2, 0.25) is 0 Å². The van der Waals surface area contributed by atoms with Gasteiger partial charge in [0.1, 0.15) is 6.29 Å². The number of halogens is 1. The highest BCUT2D eigenvalue weighted by Crippen LogP contribution is 2.26. The number of phenols is 1. The second-order valence-electron chi connectivity index (χ2n) is 3.68. The van der Waals surface area contributed by atoms with Crippen molar-refractivity contribution < 1.29 is 14.3 Å². The van der Waals surface area contributed by atoms with Crippen LogP contribution in [0.5, 0.6) is 5.75 Å². The number of aromatic hydroxyl groups is 1. The van der Waals surface area contributed by atoms with Crippen molar-refractivity contribution in [3.05, 3.63) is 29.6 Å². The van der Waals surface area contributed by atoms with Gasteiger partial charge in [0, 0.05) is 13.1 Å². The number of nitrogens with zero attached hydrogens (tertiary/aromatic N) is 1. The van der Waals surface area contributed by atoms with E-state index in [-0.39, 0.29) is 11.8 Å². The molecule has 80 valence electrons. The highest BCUT2D eigenvalue weighted by molar-refractivity contribution is 5.62. The average molecular weight is 209 g/mol. The van der Waals surface area contributed by atoms with E-state index >= 15 is 0 Å². The molecule has 3 nitrogen and oxygen atoms in total. The van der Waals surface area contributed by atoms with Gasteiger partial charge in [-0.05, 0) is 24.1 Å². The lowest BCUT2D eigenvalue weighted by molar-refractivity contribution is -0.114. The van der Waals surface area contributed by atoms with Gasteiger partial charge >= 0.3 is 0 Å². The van der Waals surface area contributed by atoms with Gasteiger partial charge in [-0.3, -0.25) is 4.90 Å². The fourth-order valence-corrected chi connectivity index (χ4v) is 1.70. The molecule has 1 saturated heterocycles. The topological polar surface area (TPSA) is 40.5 Å². The van der Waals surface area contributed by atoms with Crippen molar-refractivity contribution in [3.63, 3.8) is 0 Å². The van der Waals surface area contributed by atoms with Crippen LogP contribution in [-0.2, 0) is 4.79 Å². The van der Waals surface area contributed by atoms with Crippen LogP contribution < -0.4 is 0 Å². The van der Waals surface area contributed by atoms with Crippen molar-refractivity contribution in [2.75, 3.05) is 13.1 Å². The van der Waals surface area contributed by atoms with Crippen molar-refractivity contribution >= 4 is 6.29 Å². The molecule has 2 rings (SSSR count). The smallest absolute Gasteiger partial charge is 0.165 e. The fourth-order valence-electron chi connectivity index (χ4n) is 1.70. The highest BCUT2D eigenvalue weighted by Gasteiger charge is 2.25. The lowest BCUT2D eigenvalue weighted by Gasteiger charge is -2.35. The van der Waals surface area contributed by atoms with Crippen molar-refractivity contribution in [1.82, 2.24) is 4.90 Å². The number of likely N-dealkylation sites (tertiary alicyclic amines) is 1. The molecule has 1 heterocycles. The zero-order chi connectivity index (χ0) is 10.8. The molecule has 0 spiro atoms. The molecule has 1 unspecified atom stereocenters. The number of benzene rings is 1. The molecule has 1 aliphatic rings. The molecule has 1 aromatic carbocycles. The number of rotatable bonds is 3. The van der Waals surface area contributed by atoms with E-state index < -0.39 is 5.82 Å². The molecule has 1 fully saturated rings. The van der Waals surface area contributed by atoms with Gasteiger partial charge in [-0.2, -0.15) is 0 Å². The largest absolute Gasteiger partial charge is 0.505 e. The van der Waals surface area contributed by atoms with Crippen molar-refractivity contribution in [1.29, 1.82) is 0 Å². The molecular formula is C11H12FNO2. The summed E-state index contributed by atoms with van der Waals surface area (Å²) in [4.78, 5) is 12.9. The number of carbonyl (C=O) groups excluding carboxylic acids is 1. The Morgan fingerprint density at radius 2 is 2.20 bits per heavy atom. The zero-order valence-electron chi connectivity index (χ0n) is 8.19. The Hall–Kier alpha value is -1.42. The normalized spacial score (nSPS) is 18.2. The minimum atomic E-state index is -0.681. The fraction of sp³-hybridized carbons (Fsp3) is 0.364. The SMILES string of the molecule is O=CC(c1ccc(O)c(F)c1)N1CCC1. The number of phenolic OH excluding ortho intramolecular Hbond substituents is 1. The van der Waals surface area contributed by atoms with E-state index in [0.29, 0.717) is 5.56 Å². The van der Waals surface area contributed by atoms with Crippen LogP contribution in [0.4, 0.5) is 4.39 Å². The van der Waals surface area contributed by atoms with Crippen LogP contribution in [-0.4, -0.2) is 29.4 Å². The third kappa shape index (κ3) is 1.85. The van der Waals surface area contributed by atoms with Crippen LogP contribution in [0, 0.1) is 5.82 Å². The van der Waals surface area contributed by atoms with Gasteiger partial charge in [-0.1, -0.05) is 6.07 Å². The number of carbonyl (C=O) groups is 1. The first-order chi connectivity index (χ1) is 7.22. The molecule has 1 atom stereocenters. The maximum atomic E-state index is 13.1. The molecule has 1 N–H and O–H groups in total. The quantitative estimate of drug-likeness (QED) is 0.766. The Labute approximate surface area is 87.1 Å². The summed E-state index contributed by atoms with van der Waals surface area (Å²) in [5.41, 5.74) is 0.597. The van der Waals surface area contributed by atoms with Crippen LogP contribution in [0.15, 0.2) is 18.2 Å². The van der Waals surface area contributed by atoms with E-state index in [4.69, 9.17) is 5.11 Å². The van der Waals surface area contributed by atoms with E-state index in [0.717, 1.165) is 25.8 Å². The third-order valence-electron chi connectivity index (χ3n) is 2.73. The van der Waals surface area contributed by atoms with Gasteiger partial charge in [0.05, 0.1) is 6.04 Å². The second kappa shape index (κ2) is 3.98. The second-order valence-corrected chi connectivity index (χ2v) is 3.68. The standard InChI is InChI=1S/C11H12FNO2/c12-9-6-8(2-3-11(9)15)10(7-14)13-4-1-5-13/h2-3,6-7,10,15H,1,4-5H2. The summed E-state index contributed by atoms with van der Waals surface area (Å²) < 4.78 is 13.1. The highest BCUT2D eigenvalue weighted by atomic mass is 19.1. The molecule has 0 aromatic heterocycles. The van der Waals surface area contributed by atoms with Crippen LogP contribution >= 0.6 is 0 Å². The maximum absolute atomic E-state index is 13.1. The predicted octanol–water partition coefficient (Wildman–Crippen LogP) is 1.48. The van der Waals surface area contributed by atoms with E-state index in [2.05, 4.69) is 0 Å². The molecule has 0 radical (unpaired) electrons. The summed E-state index contributed by atoms with van der Waals surface area (Å²) in [5.74, 6) is -1.06. The predicted molar refractivity (Wildman–Crippen MR) is 53.1 cm³/mol. The molecule has 1 aliphatic heterocycles. The molecule has 0 saturated carbocycles. The average Bonchev–Trinajstić information content (AvgIpc) is 2.16. The molecule has 1 aromatic rings. The molecule has 0 aliphatic carbocycles. The molecule has 0 bridgehead atoms. The summed E-state index contributed by atoms with van der Waals surface area (Å²) >= 11 is 0. The van der Waals surface area contributed by atoms with Gasteiger partial charge < -0.3 is 9.90 Å². The van der Waals surface area contributed by atoms with Gasteiger partial charge in [-0.15, -0.1) is 0 Å². The van der Waals surface area contributed by atoms with Crippen LogP contribution in [0.25, 0.3) is 0 Å². The van der Waals surface area contributed by atoms with Crippen molar-refractivity contribution in [3.8, 4) is 5.75 Å². The zero-order valence-corrected chi connectivity index (χ0v) is 8.19. The third-order valence-corrected chi connectivity index (χ3v) is 2.73. The molecular weight excluding hydrogens is 197 g/mol. The van der Waals surface area contributed by atoms with Crippen LogP contribution in [0.1, 0.15) is 18.0 Å². The van der Waals surface area contributed by atoms with Gasteiger partial charge in [0.15, 0.2) is 11.6 Å². The summed E-state index contributed by atoms with van der Waals surface area (Å²) in [6, 6.07) is 3.69. The van der Waals surface area contributed by atoms with Crippen molar-refractivity contribution in [2.24, 2.45) is 0 Å². The Bertz CT molecular complexity index is 377. The number of hydrogen-bond donors (Lipinski definition) is 1. The van der Waals surface area contributed by atoms with Gasteiger partial charge in [0.25, 0.3) is 0 Å². The van der Waals surface area contributed by atoms with Gasteiger partial charge in [0.2, 0.25) is 0 Å². The van der Waals surface area contributed by atoms with Crippen LogP contribution in [0.3, 0.4) is 0 Å². The molecule has 15 heavy (non-hydrogen) atoms. The van der Waals surface area contributed by atoms with E-state index in [1.54, 1.807) is 6.07 Å². The Balaban J connectivity index is 2.25. The van der Waals surface area contributed by atoms with E-state index in [1.807, 2.05) is 4.90 Å². The maximum Gasteiger partial charge on any atom is 0.165 e. The van der Waals surface area contributed by atoms with Crippen molar-refractivity contribution in [2.45, 2.75) is 12.5 Å². The molecule has 0 amide bonds. The number of hydrogen-bond acceptors (Lipinski definition) is 3. The summed E-state index contributed by atoms with van der Waals surface area (Å²) in [7, 11) is 0. The minimum absolute atomic E-state index is 0.381. The van der Waals surface area contributed by atoms with Gasteiger partial charge in [-0.25, -0.2) is 4.39 Å². The number of aldehydes is 1. The minimum Gasteiger partial charge on any atom is -0.505 e. The Kier molecular flexibility index (Phi) is 2.68. The Morgan fingerprint density at radius 1 is 1.47 bits per heavy atom. The molecule has 4 heteroatoms. The summed E-state index contributed by atoms with van der Waals surface area (Å²) in [5, 5.41) is 9.03. The Morgan fingerprint density at radius 3 is 2.67 bits per heavy atom. The van der Waals surface area contributed by atoms with E-state index in [1.165, 1.54) is 12.1 Å². The summed E-state index contributed by atoms with van der Waals surface area (Å²) in [6.07, 6.45) is 1.88. The van der Waals surface area contributed by atoms with E-state index in [9.17, 15) is 9.18 Å². The first kappa shape index (κ1) is 10.1. The lowest BCUT2D eigenvalue weighted by Crippen LogP contribution is -2.40. The lowest BCUT2D eigenvalue weighted by atomic mass is 10.0. The first-order valence-electron chi connectivity index (χ1n) is 4.90. The monoisotopic (exact) mass is 209 g/mol.